The van der Waals surface area contributed by atoms with E-state index in [4.69, 9.17) is 0 Å². The van der Waals surface area contributed by atoms with Gasteiger partial charge in [-0.2, -0.15) is 0 Å². The zero-order valence-corrected chi connectivity index (χ0v) is 13.7. The molecule has 2 fully saturated rings. The summed E-state index contributed by atoms with van der Waals surface area (Å²) < 4.78 is 0. The van der Waals surface area contributed by atoms with Crippen LogP contribution in [0.5, 0.6) is 0 Å². The van der Waals surface area contributed by atoms with Crippen LogP contribution in [-0.4, -0.2) is 29.9 Å². The zero-order chi connectivity index (χ0) is 12.8. The third kappa shape index (κ3) is 3.96. The second kappa shape index (κ2) is 7.28. The molecule has 1 atom stereocenters. The molecular formula is C16H30BrN. The molecule has 1 aliphatic heterocycles. The van der Waals surface area contributed by atoms with E-state index >= 15 is 0 Å². The van der Waals surface area contributed by atoms with Crippen LogP contribution in [0.25, 0.3) is 0 Å². The van der Waals surface area contributed by atoms with Crippen molar-refractivity contribution in [2.75, 3.05) is 25.0 Å². The molecule has 1 saturated heterocycles. The topological polar surface area (TPSA) is 3.24 Å². The summed E-state index contributed by atoms with van der Waals surface area (Å²) in [6, 6.07) is 0. The average molecular weight is 316 g/mol. The summed E-state index contributed by atoms with van der Waals surface area (Å²) >= 11 is 3.69. The number of nitrogens with zero attached hydrogens (tertiary/aromatic N) is 1. The van der Waals surface area contributed by atoms with E-state index in [1.165, 1.54) is 82.8 Å². The molecule has 2 heteroatoms. The Morgan fingerprint density at radius 3 is 2.28 bits per heavy atom. The van der Waals surface area contributed by atoms with Gasteiger partial charge in [0.15, 0.2) is 0 Å². The standard InChI is InChI=1S/C16H30BrN/c1-2-6-15(13-17)14-18-11-9-16(10-12-18)7-4-3-5-8-16/h15H,2-14H2,1H3. The van der Waals surface area contributed by atoms with Crippen molar-refractivity contribution in [3.05, 3.63) is 0 Å². The minimum absolute atomic E-state index is 0.767. The fourth-order valence-corrected chi connectivity index (χ4v) is 4.53. The van der Waals surface area contributed by atoms with E-state index in [-0.39, 0.29) is 0 Å². The molecule has 0 aromatic heterocycles. The molecule has 18 heavy (non-hydrogen) atoms. The number of piperidine rings is 1. The summed E-state index contributed by atoms with van der Waals surface area (Å²) in [7, 11) is 0. The molecule has 0 bridgehead atoms. The van der Waals surface area contributed by atoms with Gasteiger partial charge in [-0.25, -0.2) is 0 Å². The first-order chi connectivity index (χ1) is 8.78. The van der Waals surface area contributed by atoms with Gasteiger partial charge in [0.1, 0.15) is 0 Å². The van der Waals surface area contributed by atoms with Crippen LogP contribution in [-0.2, 0) is 0 Å². The molecule has 1 heterocycles. The Balaban J connectivity index is 1.75. The van der Waals surface area contributed by atoms with Crippen LogP contribution < -0.4 is 0 Å². The van der Waals surface area contributed by atoms with Crippen LogP contribution in [0.4, 0.5) is 0 Å². The highest BCUT2D eigenvalue weighted by atomic mass is 79.9. The lowest BCUT2D eigenvalue weighted by Gasteiger charge is -2.45. The fraction of sp³-hybridized carbons (Fsp3) is 1.00. The molecular weight excluding hydrogens is 286 g/mol. The van der Waals surface area contributed by atoms with E-state index in [1.54, 1.807) is 0 Å². The molecule has 1 unspecified atom stereocenters. The SMILES string of the molecule is CCCC(CBr)CN1CCC2(CCCCC2)CC1. The third-order valence-corrected chi connectivity index (χ3v) is 6.18. The van der Waals surface area contributed by atoms with Gasteiger partial charge in [-0.05, 0) is 56.5 Å². The smallest absolute Gasteiger partial charge is 0.00718 e. The highest BCUT2D eigenvalue weighted by Gasteiger charge is 2.35. The molecule has 0 amide bonds. The Morgan fingerprint density at radius 1 is 1.06 bits per heavy atom. The van der Waals surface area contributed by atoms with Crippen molar-refractivity contribution in [3.63, 3.8) is 0 Å². The summed E-state index contributed by atoms with van der Waals surface area (Å²) in [4.78, 5) is 2.74. The van der Waals surface area contributed by atoms with Crippen molar-refractivity contribution < 1.29 is 0 Å². The lowest BCUT2D eigenvalue weighted by atomic mass is 9.68. The molecule has 0 aromatic carbocycles. The van der Waals surface area contributed by atoms with Crippen LogP contribution >= 0.6 is 15.9 Å². The van der Waals surface area contributed by atoms with Gasteiger partial charge in [-0.3, -0.25) is 0 Å². The maximum absolute atomic E-state index is 3.69. The molecule has 106 valence electrons. The van der Waals surface area contributed by atoms with E-state index in [9.17, 15) is 0 Å². The van der Waals surface area contributed by atoms with Crippen LogP contribution in [0.15, 0.2) is 0 Å². The van der Waals surface area contributed by atoms with E-state index in [0.29, 0.717) is 0 Å². The van der Waals surface area contributed by atoms with Crippen molar-refractivity contribution >= 4 is 15.9 Å². The minimum atomic E-state index is 0.767. The van der Waals surface area contributed by atoms with Gasteiger partial charge in [0, 0.05) is 11.9 Å². The molecule has 1 spiro atoms. The first-order valence-electron chi connectivity index (χ1n) is 8.06. The maximum Gasteiger partial charge on any atom is 0.00718 e. The van der Waals surface area contributed by atoms with Gasteiger partial charge >= 0.3 is 0 Å². The van der Waals surface area contributed by atoms with Crippen LogP contribution in [0, 0.1) is 11.3 Å². The van der Waals surface area contributed by atoms with Crippen molar-refractivity contribution in [2.45, 2.75) is 64.7 Å². The van der Waals surface area contributed by atoms with Gasteiger partial charge in [0.2, 0.25) is 0 Å². The third-order valence-electron chi connectivity index (χ3n) is 5.26. The second-order valence-corrected chi connectivity index (χ2v) is 7.32. The zero-order valence-electron chi connectivity index (χ0n) is 12.1. The lowest BCUT2D eigenvalue weighted by Crippen LogP contribution is -2.43. The summed E-state index contributed by atoms with van der Waals surface area (Å²) in [6.07, 6.45) is 13.2. The van der Waals surface area contributed by atoms with Crippen molar-refractivity contribution in [2.24, 2.45) is 11.3 Å². The molecule has 0 radical (unpaired) electrons. The molecule has 2 rings (SSSR count). The van der Waals surface area contributed by atoms with Crippen molar-refractivity contribution in [1.29, 1.82) is 0 Å². The Hall–Kier alpha value is 0.440. The lowest BCUT2D eigenvalue weighted by molar-refractivity contribution is 0.0607. The molecule has 1 nitrogen and oxygen atoms in total. The predicted octanol–water partition coefficient (Wildman–Crippen LogP) is 4.84. The van der Waals surface area contributed by atoms with Gasteiger partial charge in [0.25, 0.3) is 0 Å². The number of halogens is 1. The molecule has 0 N–H and O–H groups in total. The van der Waals surface area contributed by atoms with Gasteiger partial charge in [0.05, 0.1) is 0 Å². The highest BCUT2D eigenvalue weighted by molar-refractivity contribution is 9.09. The number of hydrogen-bond donors (Lipinski definition) is 0. The molecule has 1 aliphatic carbocycles. The van der Waals surface area contributed by atoms with Gasteiger partial charge in [-0.15, -0.1) is 0 Å². The molecule has 0 aromatic rings. The average Bonchev–Trinajstić information content (AvgIpc) is 2.42. The minimum Gasteiger partial charge on any atom is -0.303 e. The first kappa shape index (κ1) is 14.8. The van der Waals surface area contributed by atoms with E-state index < -0.39 is 0 Å². The van der Waals surface area contributed by atoms with Crippen LogP contribution in [0.2, 0.25) is 0 Å². The Bertz CT molecular complexity index is 225. The summed E-state index contributed by atoms with van der Waals surface area (Å²) in [5.74, 6) is 0.871. The van der Waals surface area contributed by atoms with Gasteiger partial charge < -0.3 is 4.90 Å². The van der Waals surface area contributed by atoms with E-state index in [1.807, 2.05) is 0 Å². The van der Waals surface area contributed by atoms with Crippen LogP contribution in [0.1, 0.15) is 64.7 Å². The Morgan fingerprint density at radius 2 is 1.72 bits per heavy atom. The predicted molar refractivity (Wildman–Crippen MR) is 83.4 cm³/mol. The highest BCUT2D eigenvalue weighted by Crippen LogP contribution is 2.44. The second-order valence-electron chi connectivity index (χ2n) is 6.67. The number of rotatable bonds is 5. The number of hydrogen-bond acceptors (Lipinski definition) is 1. The first-order valence-corrected chi connectivity index (χ1v) is 9.18. The summed E-state index contributed by atoms with van der Waals surface area (Å²) in [6.45, 7) is 6.37. The van der Waals surface area contributed by atoms with Crippen molar-refractivity contribution in [3.8, 4) is 0 Å². The normalized spacial score (nSPS) is 26.3. The number of alkyl halides is 1. The van der Waals surface area contributed by atoms with E-state index in [2.05, 4.69) is 27.8 Å². The molecule has 2 aliphatic rings. The molecule has 1 saturated carbocycles. The van der Waals surface area contributed by atoms with E-state index in [0.717, 1.165) is 11.3 Å². The largest absolute Gasteiger partial charge is 0.303 e. The van der Waals surface area contributed by atoms with Crippen molar-refractivity contribution in [1.82, 2.24) is 4.90 Å². The summed E-state index contributed by atoms with van der Waals surface area (Å²) in [5, 5.41) is 1.18. The maximum atomic E-state index is 3.69. The summed E-state index contributed by atoms with van der Waals surface area (Å²) in [5.41, 5.74) is 0.767. The van der Waals surface area contributed by atoms with Gasteiger partial charge in [-0.1, -0.05) is 48.5 Å². The number of likely N-dealkylation sites (tertiary alicyclic amines) is 1. The Labute approximate surface area is 122 Å². The van der Waals surface area contributed by atoms with Crippen LogP contribution in [0.3, 0.4) is 0 Å². The Kier molecular flexibility index (Phi) is 6.00. The monoisotopic (exact) mass is 315 g/mol. The fourth-order valence-electron chi connectivity index (χ4n) is 4.00. The quantitative estimate of drug-likeness (QED) is 0.656.